The number of nitrogens with one attached hydrogen (secondary N) is 1. The molecule has 0 radical (unpaired) electrons. The van der Waals surface area contributed by atoms with Crippen molar-refractivity contribution in [2.75, 3.05) is 13.2 Å². The van der Waals surface area contributed by atoms with E-state index < -0.39 is 23.0 Å². The predicted molar refractivity (Wildman–Crippen MR) is 129 cm³/mol. The second-order valence-electron chi connectivity index (χ2n) is 10.9. The number of unbranched alkanes of at least 4 members (excludes halogenated alkanes) is 7. The fourth-order valence-electron chi connectivity index (χ4n) is 3.90. The Morgan fingerprint density at radius 3 is 2.24 bits per heavy atom. The van der Waals surface area contributed by atoms with Crippen molar-refractivity contribution in [2.24, 2.45) is 0 Å². The van der Waals surface area contributed by atoms with E-state index in [0.717, 1.165) is 24.3 Å². The van der Waals surface area contributed by atoms with E-state index in [-0.39, 0.29) is 0 Å². The summed E-state index contributed by atoms with van der Waals surface area (Å²) in [4.78, 5) is 12.5. The highest BCUT2D eigenvalue weighted by atomic mass is 16.7. The summed E-state index contributed by atoms with van der Waals surface area (Å²) < 4.78 is 22.8. The minimum atomic E-state index is -0.678. The minimum Gasteiger partial charge on any atom is -0.444 e. The molecule has 0 spiro atoms. The van der Waals surface area contributed by atoms with Crippen molar-refractivity contribution in [1.29, 1.82) is 0 Å². The summed E-state index contributed by atoms with van der Waals surface area (Å²) >= 11 is 0. The molecule has 1 N–H and O–H groups in total. The van der Waals surface area contributed by atoms with Gasteiger partial charge in [-0.15, -0.1) is 0 Å². The van der Waals surface area contributed by atoms with E-state index in [2.05, 4.69) is 17.4 Å². The fourth-order valence-corrected chi connectivity index (χ4v) is 3.90. The Hall–Kier alpha value is -1.60. The second-order valence-corrected chi connectivity index (χ2v) is 10.9. The van der Waals surface area contributed by atoms with Crippen LogP contribution in [0.25, 0.3) is 0 Å². The first-order chi connectivity index (χ1) is 15.5. The van der Waals surface area contributed by atoms with E-state index in [1.54, 1.807) is 0 Å². The van der Waals surface area contributed by atoms with Crippen LogP contribution in [-0.2, 0) is 27.1 Å². The summed E-state index contributed by atoms with van der Waals surface area (Å²) in [5.74, 6) is 0.147. The lowest BCUT2D eigenvalue weighted by atomic mass is 9.93. The molecule has 0 aromatic carbocycles. The molecule has 1 fully saturated rings. The number of aromatic nitrogens is 1. The van der Waals surface area contributed by atoms with Crippen LogP contribution in [0.5, 0.6) is 0 Å². The highest BCUT2D eigenvalue weighted by Gasteiger charge is 2.42. The molecule has 7 heteroatoms. The molecule has 0 atom stereocenters. The quantitative estimate of drug-likeness (QED) is 0.342. The molecule has 1 aliphatic heterocycles. The Morgan fingerprint density at radius 2 is 1.64 bits per heavy atom. The molecule has 7 nitrogen and oxygen atoms in total. The average molecular weight is 467 g/mol. The van der Waals surface area contributed by atoms with Gasteiger partial charge in [0, 0.05) is 12.5 Å². The zero-order valence-electron chi connectivity index (χ0n) is 21.8. The molecule has 1 aliphatic rings. The third-order valence-electron chi connectivity index (χ3n) is 5.90. The molecule has 1 saturated heterocycles. The summed E-state index contributed by atoms with van der Waals surface area (Å²) in [7, 11) is 0. The van der Waals surface area contributed by atoms with Crippen LogP contribution in [0.2, 0.25) is 0 Å². The monoisotopic (exact) mass is 466 g/mol. The lowest BCUT2D eigenvalue weighted by molar-refractivity contribution is -0.271. The van der Waals surface area contributed by atoms with Crippen molar-refractivity contribution in [3.63, 3.8) is 0 Å². The summed E-state index contributed by atoms with van der Waals surface area (Å²) in [6.45, 7) is 12.2. The zero-order chi connectivity index (χ0) is 24.4. The van der Waals surface area contributed by atoms with Gasteiger partial charge in [-0.1, -0.05) is 57.0 Å². The number of carbonyl (C=O) groups is 1. The smallest absolute Gasteiger partial charge is 0.408 e. The molecule has 33 heavy (non-hydrogen) atoms. The SMILES string of the molecule is CCCCCCCCCCc1cc(CCC2(NC(=O)OC(C)(C)C)COC(C)(C)OC2)on1. The third-order valence-corrected chi connectivity index (χ3v) is 5.90. The molecule has 0 aliphatic carbocycles. The van der Waals surface area contributed by atoms with E-state index in [0.29, 0.717) is 26.1 Å². The van der Waals surface area contributed by atoms with Gasteiger partial charge in [-0.05, 0) is 53.9 Å². The van der Waals surface area contributed by atoms with E-state index >= 15 is 0 Å². The van der Waals surface area contributed by atoms with Crippen molar-refractivity contribution in [2.45, 2.75) is 129 Å². The largest absolute Gasteiger partial charge is 0.444 e. The Bertz CT molecular complexity index is 698. The predicted octanol–water partition coefficient (Wildman–Crippen LogP) is 6.34. The molecule has 1 aromatic heterocycles. The maximum Gasteiger partial charge on any atom is 0.408 e. The first-order valence-corrected chi connectivity index (χ1v) is 12.8. The Kier molecular flexibility index (Phi) is 10.7. The van der Waals surface area contributed by atoms with E-state index in [9.17, 15) is 4.79 Å². The number of ether oxygens (including phenoxy) is 3. The third kappa shape index (κ3) is 10.9. The number of amides is 1. The molecule has 190 valence electrons. The molecule has 0 saturated carbocycles. The van der Waals surface area contributed by atoms with E-state index in [1.165, 1.54) is 44.9 Å². The molecular weight excluding hydrogens is 420 g/mol. The Balaban J connectivity index is 1.81. The Labute approximate surface area is 200 Å². The second kappa shape index (κ2) is 12.7. The van der Waals surface area contributed by atoms with Crippen LogP contribution in [0.15, 0.2) is 10.6 Å². The van der Waals surface area contributed by atoms with Crippen LogP contribution < -0.4 is 5.32 Å². The van der Waals surface area contributed by atoms with Gasteiger partial charge in [0.1, 0.15) is 11.4 Å². The molecule has 2 rings (SSSR count). The summed E-state index contributed by atoms with van der Waals surface area (Å²) in [6.07, 6.45) is 12.1. The maximum atomic E-state index is 12.5. The van der Waals surface area contributed by atoms with E-state index in [1.807, 2.05) is 40.7 Å². The fraction of sp³-hybridized carbons (Fsp3) is 0.846. The molecule has 0 unspecified atom stereocenters. The van der Waals surface area contributed by atoms with Gasteiger partial charge >= 0.3 is 6.09 Å². The van der Waals surface area contributed by atoms with Gasteiger partial charge in [0.2, 0.25) is 0 Å². The first-order valence-electron chi connectivity index (χ1n) is 12.8. The van der Waals surface area contributed by atoms with Crippen molar-refractivity contribution in [3.8, 4) is 0 Å². The molecule has 1 aromatic rings. The van der Waals surface area contributed by atoms with Crippen molar-refractivity contribution >= 4 is 6.09 Å². The van der Waals surface area contributed by atoms with Crippen LogP contribution in [0.3, 0.4) is 0 Å². The van der Waals surface area contributed by atoms with E-state index in [4.69, 9.17) is 18.7 Å². The standard InChI is InChI=1S/C26H46N2O5/c1-7-8-9-10-11-12-13-14-15-21-18-22(33-28-21)16-17-26(19-30-25(5,6)31-20-26)27-23(29)32-24(2,3)4/h18H,7-17,19-20H2,1-6H3,(H,27,29). The number of alkyl carbamates (subject to hydrolysis) is 1. The number of rotatable bonds is 13. The average Bonchev–Trinajstić information content (AvgIpc) is 3.17. The minimum absolute atomic E-state index is 0.346. The van der Waals surface area contributed by atoms with Gasteiger partial charge in [-0.2, -0.15) is 0 Å². The highest BCUT2D eigenvalue weighted by molar-refractivity contribution is 5.69. The van der Waals surface area contributed by atoms with Crippen LogP contribution in [0.1, 0.15) is 111 Å². The van der Waals surface area contributed by atoms with Crippen LogP contribution in [-0.4, -0.2) is 41.4 Å². The van der Waals surface area contributed by atoms with Gasteiger partial charge < -0.3 is 24.1 Å². The van der Waals surface area contributed by atoms with Crippen LogP contribution >= 0.6 is 0 Å². The summed E-state index contributed by atoms with van der Waals surface area (Å²) in [5, 5.41) is 7.24. The molecule has 2 heterocycles. The number of aryl methyl sites for hydroxylation is 2. The zero-order valence-corrected chi connectivity index (χ0v) is 21.8. The number of hydrogen-bond acceptors (Lipinski definition) is 6. The van der Waals surface area contributed by atoms with Crippen molar-refractivity contribution in [1.82, 2.24) is 10.5 Å². The number of nitrogens with zero attached hydrogens (tertiary/aromatic N) is 1. The van der Waals surface area contributed by atoms with Crippen LogP contribution in [0, 0.1) is 0 Å². The Morgan fingerprint density at radius 1 is 1.03 bits per heavy atom. The van der Waals surface area contributed by atoms with Gasteiger partial charge in [0.15, 0.2) is 5.79 Å². The molecule has 1 amide bonds. The van der Waals surface area contributed by atoms with Gasteiger partial charge in [-0.25, -0.2) is 4.79 Å². The molecular formula is C26H46N2O5. The highest BCUT2D eigenvalue weighted by Crippen LogP contribution is 2.28. The number of carbonyl (C=O) groups excluding carboxylic acids is 1. The summed E-state index contributed by atoms with van der Waals surface area (Å²) in [5.41, 5.74) is -0.249. The number of hydrogen-bond donors (Lipinski definition) is 1. The lowest BCUT2D eigenvalue weighted by Crippen LogP contribution is -2.61. The van der Waals surface area contributed by atoms with Crippen molar-refractivity contribution < 1.29 is 23.5 Å². The van der Waals surface area contributed by atoms with Crippen LogP contribution in [0.4, 0.5) is 4.79 Å². The first kappa shape index (κ1) is 27.6. The molecule has 0 bridgehead atoms. The van der Waals surface area contributed by atoms with Gasteiger partial charge in [-0.3, -0.25) is 0 Å². The maximum absolute atomic E-state index is 12.5. The normalized spacial score (nSPS) is 17.6. The van der Waals surface area contributed by atoms with Crippen molar-refractivity contribution in [3.05, 3.63) is 17.5 Å². The summed E-state index contributed by atoms with van der Waals surface area (Å²) in [6, 6.07) is 2.04. The topological polar surface area (TPSA) is 82.8 Å². The van der Waals surface area contributed by atoms with Gasteiger partial charge in [0.05, 0.1) is 24.4 Å². The van der Waals surface area contributed by atoms with Gasteiger partial charge in [0.25, 0.3) is 0 Å². The lowest BCUT2D eigenvalue weighted by Gasteiger charge is -2.43.